The number of nitrogens with zero attached hydrogens (tertiary/aromatic N) is 4. The monoisotopic (exact) mass is 358 g/mol. The molecule has 10 heteroatoms. The van der Waals surface area contributed by atoms with Crippen molar-refractivity contribution >= 4 is 17.8 Å². The van der Waals surface area contributed by atoms with Crippen LogP contribution < -0.4 is 15.5 Å². The van der Waals surface area contributed by atoms with Crippen LogP contribution in [0.1, 0.15) is 40.5 Å². The van der Waals surface area contributed by atoms with Gasteiger partial charge in [0.2, 0.25) is 17.8 Å². The van der Waals surface area contributed by atoms with Gasteiger partial charge in [0.1, 0.15) is 25.9 Å². The maximum absolute atomic E-state index is 9.80. The van der Waals surface area contributed by atoms with Gasteiger partial charge in [-0.15, -0.1) is 0 Å². The number of aromatic nitrogens is 3. The molecule has 0 bridgehead atoms. The van der Waals surface area contributed by atoms with E-state index in [-0.39, 0.29) is 25.4 Å². The Labute approximate surface area is 148 Å². The first-order valence-electron chi connectivity index (χ1n) is 8.59. The Hall–Kier alpha value is -1.75. The van der Waals surface area contributed by atoms with E-state index in [1.165, 1.54) is 0 Å². The van der Waals surface area contributed by atoms with E-state index >= 15 is 0 Å². The SMILES string of the molecule is CCOCN(COCC)c1nc(NC(O)CC)nc(NC(O)CC)n1. The third kappa shape index (κ3) is 7.78. The van der Waals surface area contributed by atoms with Gasteiger partial charge in [0.25, 0.3) is 0 Å². The fraction of sp³-hybridized carbons (Fsp3) is 0.800. The van der Waals surface area contributed by atoms with E-state index in [0.29, 0.717) is 32.0 Å². The highest BCUT2D eigenvalue weighted by Crippen LogP contribution is 2.15. The molecule has 0 saturated heterocycles. The lowest BCUT2D eigenvalue weighted by atomic mass is 10.4. The van der Waals surface area contributed by atoms with Crippen LogP contribution in [-0.2, 0) is 9.47 Å². The molecule has 0 aliphatic rings. The maximum Gasteiger partial charge on any atom is 0.235 e. The van der Waals surface area contributed by atoms with Crippen LogP contribution in [0, 0.1) is 0 Å². The number of nitrogens with one attached hydrogen (secondary N) is 2. The van der Waals surface area contributed by atoms with Gasteiger partial charge < -0.3 is 30.3 Å². The summed E-state index contributed by atoms with van der Waals surface area (Å²) in [4.78, 5) is 14.5. The quantitative estimate of drug-likeness (QED) is 0.379. The highest BCUT2D eigenvalue weighted by molar-refractivity contribution is 5.43. The Bertz CT molecular complexity index is 455. The summed E-state index contributed by atoms with van der Waals surface area (Å²) in [5.41, 5.74) is 0. The van der Waals surface area contributed by atoms with Gasteiger partial charge in [-0.25, -0.2) is 0 Å². The normalized spacial score (nSPS) is 13.4. The fourth-order valence-electron chi connectivity index (χ4n) is 1.69. The van der Waals surface area contributed by atoms with Crippen LogP contribution >= 0.6 is 0 Å². The zero-order valence-corrected chi connectivity index (χ0v) is 15.4. The maximum atomic E-state index is 9.80. The Morgan fingerprint density at radius 3 is 1.64 bits per heavy atom. The molecule has 144 valence electrons. The first-order chi connectivity index (χ1) is 12.0. The van der Waals surface area contributed by atoms with Crippen LogP contribution in [0.4, 0.5) is 17.8 Å². The average molecular weight is 358 g/mol. The second kappa shape index (κ2) is 11.7. The first kappa shape index (κ1) is 21.3. The summed E-state index contributed by atoms with van der Waals surface area (Å²) in [5, 5.41) is 25.2. The zero-order chi connectivity index (χ0) is 18.7. The number of rotatable bonds is 13. The van der Waals surface area contributed by atoms with Crippen LogP contribution in [0.25, 0.3) is 0 Å². The predicted molar refractivity (Wildman–Crippen MR) is 95.1 cm³/mol. The molecule has 1 rings (SSSR count). The molecule has 2 atom stereocenters. The standard InChI is InChI=1S/C15H30N6O4/c1-5-11(22)16-13-18-14(17-12(23)6-2)20-15(19-13)21(9-24-7-3)10-25-8-4/h11-12,22-23H,5-10H2,1-4H3,(H2,16,17,18,19,20). The van der Waals surface area contributed by atoms with E-state index < -0.39 is 12.5 Å². The summed E-state index contributed by atoms with van der Waals surface area (Å²) in [5.74, 6) is 0.708. The third-order valence-electron chi connectivity index (χ3n) is 3.17. The van der Waals surface area contributed by atoms with Gasteiger partial charge in [-0.1, -0.05) is 13.8 Å². The Morgan fingerprint density at radius 1 is 0.840 bits per heavy atom. The molecule has 2 unspecified atom stereocenters. The molecule has 1 aromatic rings. The summed E-state index contributed by atoms with van der Waals surface area (Å²) < 4.78 is 10.9. The van der Waals surface area contributed by atoms with E-state index in [4.69, 9.17) is 9.47 Å². The molecule has 0 aliphatic carbocycles. The van der Waals surface area contributed by atoms with Crippen molar-refractivity contribution in [2.24, 2.45) is 0 Å². The van der Waals surface area contributed by atoms with Crippen molar-refractivity contribution in [3.05, 3.63) is 0 Å². The minimum Gasteiger partial charge on any atom is -0.374 e. The van der Waals surface area contributed by atoms with E-state index in [9.17, 15) is 10.2 Å². The predicted octanol–water partition coefficient (Wildman–Crippen LogP) is 0.947. The Morgan fingerprint density at radius 2 is 1.28 bits per heavy atom. The molecule has 25 heavy (non-hydrogen) atoms. The lowest BCUT2D eigenvalue weighted by Crippen LogP contribution is -2.32. The van der Waals surface area contributed by atoms with E-state index in [1.807, 2.05) is 27.7 Å². The molecule has 10 nitrogen and oxygen atoms in total. The number of anilines is 3. The summed E-state index contributed by atoms with van der Waals surface area (Å²) in [6.07, 6.45) is -0.593. The second-order valence-electron chi connectivity index (χ2n) is 5.20. The fourth-order valence-corrected chi connectivity index (χ4v) is 1.69. The van der Waals surface area contributed by atoms with E-state index in [0.717, 1.165) is 0 Å². The summed E-state index contributed by atoms with van der Waals surface area (Å²) in [6.45, 7) is 8.99. The molecule has 0 radical (unpaired) electrons. The summed E-state index contributed by atoms with van der Waals surface area (Å²) in [7, 11) is 0. The van der Waals surface area contributed by atoms with Crippen molar-refractivity contribution < 1.29 is 19.7 Å². The molecule has 0 saturated carbocycles. The van der Waals surface area contributed by atoms with Crippen LogP contribution in [0.5, 0.6) is 0 Å². The highest BCUT2D eigenvalue weighted by atomic mass is 16.5. The zero-order valence-electron chi connectivity index (χ0n) is 15.4. The molecule has 0 aromatic carbocycles. The molecule has 0 spiro atoms. The minimum absolute atomic E-state index is 0.197. The van der Waals surface area contributed by atoms with Crippen molar-refractivity contribution in [2.75, 3.05) is 42.2 Å². The average Bonchev–Trinajstić information content (AvgIpc) is 2.61. The molecule has 1 heterocycles. The molecule has 4 N–H and O–H groups in total. The third-order valence-corrected chi connectivity index (χ3v) is 3.17. The van der Waals surface area contributed by atoms with Crippen molar-refractivity contribution in [3.8, 4) is 0 Å². The summed E-state index contributed by atoms with van der Waals surface area (Å²) in [6, 6.07) is 0. The number of aliphatic hydroxyl groups is 2. The topological polar surface area (TPSA) is 125 Å². The van der Waals surface area contributed by atoms with Crippen LogP contribution in [0.3, 0.4) is 0 Å². The van der Waals surface area contributed by atoms with Gasteiger partial charge in [0, 0.05) is 13.2 Å². The molecule has 0 fully saturated rings. The van der Waals surface area contributed by atoms with Crippen LogP contribution in [-0.4, -0.2) is 64.3 Å². The van der Waals surface area contributed by atoms with Gasteiger partial charge >= 0.3 is 0 Å². The van der Waals surface area contributed by atoms with Crippen molar-refractivity contribution in [1.29, 1.82) is 0 Å². The van der Waals surface area contributed by atoms with Gasteiger partial charge in [0.15, 0.2) is 0 Å². The Balaban J connectivity index is 3.09. The van der Waals surface area contributed by atoms with E-state index in [2.05, 4.69) is 25.6 Å². The number of hydrogen-bond donors (Lipinski definition) is 4. The first-order valence-corrected chi connectivity index (χ1v) is 8.59. The molecule has 0 amide bonds. The van der Waals surface area contributed by atoms with Crippen molar-refractivity contribution in [1.82, 2.24) is 15.0 Å². The van der Waals surface area contributed by atoms with Gasteiger partial charge in [-0.2, -0.15) is 15.0 Å². The van der Waals surface area contributed by atoms with E-state index in [1.54, 1.807) is 4.90 Å². The molecule has 0 aliphatic heterocycles. The number of ether oxygens (including phenoxy) is 2. The van der Waals surface area contributed by atoms with Gasteiger partial charge in [-0.05, 0) is 26.7 Å². The van der Waals surface area contributed by atoms with Gasteiger partial charge in [0.05, 0.1) is 0 Å². The Kier molecular flexibility index (Phi) is 10.0. The smallest absolute Gasteiger partial charge is 0.235 e. The van der Waals surface area contributed by atoms with Gasteiger partial charge in [-0.3, -0.25) is 4.90 Å². The largest absolute Gasteiger partial charge is 0.374 e. The molecule has 1 aromatic heterocycles. The number of aliphatic hydroxyl groups excluding tert-OH is 2. The van der Waals surface area contributed by atoms with Crippen LogP contribution in [0.15, 0.2) is 0 Å². The van der Waals surface area contributed by atoms with Crippen LogP contribution in [0.2, 0.25) is 0 Å². The van der Waals surface area contributed by atoms with Crippen molar-refractivity contribution in [3.63, 3.8) is 0 Å². The molecular formula is C15H30N6O4. The van der Waals surface area contributed by atoms with Crippen molar-refractivity contribution in [2.45, 2.75) is 53.0 Å². The number of hydrogen-bond acceptors (Lipinski definition) is 10. The lowest BCUT2D eigenvalue weighted by Gasteiger charge is -2.23. The molecular weight excluding hydrogens is 328 g/mol. The highest BCUT2D eigenvalue weighted by Gasteiger charge is 2.16. The lowest BCUT2D eigenvalue weighted by molar-refractivity contribution is 0.0945. The summed E-state index contributed by atoms with van der Waals surface area (Å²) >= 11 is 0. The second-order valence-corrected chi connectivity index (χ2v) is 5.20. The minimum atomic E-state index is -0.786.